The third kappa shape index (κ3) is 2.94. The fourth-order valence-electron chi connectivity index (χ4n) is 1.90. The van der Waals surface area contributed by atoms with Gasteiger partial charge >= 0.3 is 0 Å². The number of ether oxygens (including phenoxy) is 1. The van der Waals surface area contributed by atoms with Crippen LogP contribution in [0.1, 0.15) is 23.8 Å². The summed E-state index contributed by atoms with van der Waals surface area (Å²) in [5, 5.41) is 2.87. The van der Waals surface area contributed by atoms with Gasteiger partial charge in [0.25, 0.3) is 5.91 Å². The number of rotatable bonds is 3. The van der Waals surface area contributed by atoms with Crippen LogP contribution < -0.4 is 11.1 Å². The Hall–Kier alpha value is -1.62. The monoisotopic (exact) mass is 235 g/mol. The van der Waals surface area contributed by atoms with Crippen LogP contribution in [0.3, 0.4) is 0 Å². The minimum absolute atomic E-state index is 0.163. The molecular weight excluding hydrogens is 218 g/mol. The van der Waals surface area contributed by atoms with Crippen LogP contribution in [0.5, 0.6) is 0 Å². The molecule has 2 unspecified atom stereocenters. The van der Waals surface area contributed by atoms with Crippen molar-refractivity contribution in [3.8, 4) is 0 Å². The highest BCUT2D eigenvalue weighted by Gasteiger charge is 2.24. The van der Waals surface area contributed by atoms with Crippen LogP contribution >= 0.6 is 0 Å². The molecular formula is C12H17N3O2. The first-order valence-electron chi connectivity index (χ1n) is 5.78. The quantitative estimate of drug-likeness (QED) is 0.813. The van der Waals surface area contributed by atoms with Gasteiger partial charge in [0.15, 0.2) is 0 Å². The van der Waals surface area contributed by atoms with Crippen molar-refractivity contribution in [1.29, 1.82) is 0 Å². The standard InChI is InChI=1S/C12H17N3O2/c1-8-9(4-5-17-8)6-15-12(16)11-3-2-10(13)7-14-11/h2-3,7-9H,4-6,13H2,1H3,(H,15,16). The van der Waals surface area contributed by atoms with E-state index in [4.69, 9.17) is 10.5 Å². The van der Waals surface area contributed by atoms with Gasteiger partial charge < -0.3 is 15.8 Å². The molecule has 1 aliphatic rings. The molecule has 2 atom stereocenters. The van der Waals surface area contributed by atoms with E-state index < -0.39 is 0 Å². The van der Waals surface area contributed by atoms with Crippen LogP contribution in [-0.2, 0) is 4.74 Å². The second-order valence-corrected chi connectivity index (χ2v) is 4.31. The number of nitrogens with one attached hydrogen (secondary N) is 1. The number of nitrogens with two attached hydrogens (primary N) is 1. The first-order chi connectivity index (χ1) is 8.16. The normalized spacial score (nSPS) is 23.6. The molecule has 5 nitrogen and oxygen atoms in total. The first kappa shape index (κ1) is 11.9. The number of nitrogens with zero attached hydrogens (tertiary/aromatic N) is 1. The van der Waals surface area contributed by atoms with Crippen LogP contribution in [-0.4, -0.2) is 30.1 Å². The first-order valence-corrected chi connectivity index (χ1v) is 5.78. The Morgan fingerprint density at radius 1 is 1.65 bits per heavy atom. The summed E-state index contributed by atoms with van der Waals surface area (Å²) in [5.74, 6) is 0.233. The molecule has 1 amide bonds. The lowest BCUT2D eigenvalue weighted by molar-refractivity contribution is 0.0903. The average Bonchev–Trinajstić information content (AvgIpc) is 2.73. The maximum Gasteiger partial charge on any atom is 0.269 e. The van der Waals surface area contributed by atoms with Crippen molar-refractivity contribution in [2.45, 2.75) is 19.4 Å². The van der Waals surface area contributed by atoms with E-state index in [2.05, 4.69) is 10.3 Å². The summed E-state index contributed by atoms with van der Waals surface area (Å²) in [7, 11) is 0. The van der Waals surface area contributed by atoms with Gasteiger partial charge in [-0.15, -0.1) is 0 Å². The zero-order valence-electron chi connectivity index (χ0n) is 9.85. The fourth-order valence-corrected chi connectivity index (χ4v) is 1.90. The number of nitrogen functional groups attached to an aromatic ring is 1. The average molecular weight is 235 g/mol. The van der Waals surface area contributed by atoms with E-state index >= 15 is 0 Å². The molecule has 1 saturated heterocycles. The number of hydrogen-bond donors (Lipinski definition) is 2. The van der Waals surface area contributed by atoms with Crippen LogP contribution in [0, 0.1) is 5.92 Å². The van der Waals surface area contributed by atoms with Gasteiger partial charge in [0.1, 0.15) is 5.69 Å². The minimum Gasteiger partial charge on any atom is -0.397 e. The van der Waals surface area contributed by atoms with E-state index in [0.717, 1.165) is 13.0 Å². The van der Waals surface area contributed by atoms with Crippen LogP contribution in [0.15, 0.2) is 18.3 Å². The maximum atomic E-state index is 11.8. The molecule has 1 aliphatic heterocycles. The summed E-state index contributed by atoms with van der Waals surface area (Å²) in [5.41, 5.74) is 6.46. The highest BCUT2D eigenvalue weighted by molar-refractivity contribution is 5.92. The zero-order chi connectivity index (χ0) is 12.3. The number of hydrogen-bond acceptors (Lipinski definition) is 4. The molecule has 3 N–H and O–H groups in total. The number of carbonyl (C=O) groups is 1. The van der Waals surface area contributed by atoms with Crippen molar-refractivity contribution in [3.63, 3.8) is 0 Å². The van der Waals surface area contributed by atoms with Crippen molar-refractivity contribution in [2.24, 2.45) is 5.92 Å². The summed E-state index contributed by atoms with van der Waals surface area (Å²) in [6, 6.07) is 3.29. The number of aromatic nitrogens is 1. The highest BCUT2D eigenvalue weighted by Crippen LogP contribution is 2.19. The molecule has 5 heteroatoms. The van der Waals surface area contributed by atoms with E-state index in [-0.39, 0.29) is 12.0 Å². The summed E-state index contributed by atoms with van der Waals surface area (Å²) in [4.78, 5) is 15.7. The molecule has 2 rings (SSSR count). The number of carbonyl (C=O) groups excluding carboxylic acids is 1. The molecule has 1 aromatic rings. The van der Waals surface area contributed by atoms with E-state index in [9.17, 15) is 4.79 Å². The number of pyridine rings is 1. The van der Waals surface area contributed by atoms with Crippen molar-refractivity contribution in [3.05, 3.63) is 24.0 Å². The third-order valence-corrected chi connectivity index (χ3v) is 3.08. The van der Waals surface area contributed by atoms with Gasteiger partial charge in [-0.3, -0.25) is 4.79 Å². The SMILES string of the molecule is CC1OCCC1CNC(=O)c1ccc(N)cn1. The van der Waals surface area contributed by atoms with E-state index in [1.807, 2.05) is 6.92 Å². The Balaban J connectivity index is 1.87. The molecule has 2 heterocycles. The van der Waals surface area contributed by atoms with E-state index in [1.165, 1.54) is 6.20 Å². The predicted molar refractivity (Wildman–Crippen MR) is 64.5 cm³/mol. The van der Waals surface area contributed by atoms with Crippen molar-refractivity contribution in [2.75, 3.05) is 18.9 Å². The van der Waals surface area contributed by atoms with Crippen molar-refractivity contribution < 1.29 is 9.53 Å². The van der Waals surface area contributed by atoms with E-state index in [0.29, 0.717) is 23.8 Å². The Labute approximate surface area is 100 Å². The Morgan fingerprint density at radius 3 is 3.06 bits per heavy atom. The molecule has 1 aromatic heterocycles. The molecule has 0 spiro atoms. The summed E-state index contributed by atoms with van der Waals surface area (Å²) < 4.78 is 5.44. The summed E-state index contributed by atoms with van der Waals surface area (Å²) >= 11 is 0. The minimum atomic E-state index is -0.163. The second-order valence-electron chi connectivity index (χ2n) is 4.31. The van der Waals surface area contributed by atoms with Gasteiger partial charge in [-0.25, -0.2) is 4.98 Å². The molecule has 0 aliphatic carbocycles. The highest BCUT2D eigenvalue weighted by atomic mass is 16.5. The molecule has 0 saturated carbocycles. The van der Waals surface area contributed by atoms with Crippen molar-refractivity contribution >= 4 is 11.6 Å². The van der Waals surface area contributed by atoms with Crippen LogP contribution in [0.4, 0.5) is 5.69 Å². The smallest absolute Gasteiger partial charge is 0.269 e. The molecule has 0 radical (unpaired) electrons. The fraction of sp³-hybridized carbons (Fsp3) is 0.500. The molecule has 17 heavy (non-hydrogen) atoms. The predicted octanol–water partition coefficient (Wildman–Crippen LogP) is 0.819. The topological polar surface area (TPSA) is 77.2 Å². The zero-order valence-corrected chi connectivity index (χ0v) is 9.85. The number of amides is 1. The Morgan fingerprint density at radius 2 is 2.47 bits per heavy atom. The van der Waals surface area contributed by atoms with Gasteiger partial charge in [0.05, 0.1) is 18.0 Å². The van der Waals surface area contributed by atoms with Crippen molar-refractivity contribution in [1.82, 2.24) is 10.3 Å². The van der Waals surface area contributed by atoms with Crippen LogP contribution in [0.2, 0.25) is 0 Å². The lowest BCUT2D eigenvalue weighted by Gasteiger charge is -2.14. The second kappa shape index (κ2) is 5.14. The largest absolute Gasteiger partial charge is 0.397 e. The summed E-state index contributed by atoms with van der Waals surface area (Å²) in [6.45, 7) is 3.44. The van der Waals surface area contributed by atoms with Crippen LogP contribution in [0.25, 0.3) is 0 Å². The molecule has 0 bridgehead atoms. The lowest BCUT2D eigenvalue weighted by Crippen LogP contribution is -2.32. The van der Waals surface area contributed by atoms with Gasteiger partial charge in [0, 0.05) is 19.1 Å². The van der Waals surface area contributed by atoms with Gasteiger partial charge in [-0.2, -0.15) is 0 Å². The Kier molecular flexibility index (Phi) is 3.58. The molecule has 1 fully saturated rings. The number of anilines is 1. The van der Waals surface area contributed by atoms with E-state index in [1.54, 1.807) is 12.1 Å². The molecule has 92 valence electrons. The summed E-state index contributed by atoms with van der Waals surface area (Å²) in [6.07, 6.45) is 2.70. The maximum absolute atomic E-state index is 11.8. The van der Waals surface area contributed by atoms with Gasteiger partial charge in [-0.1, -0.05) is 0 Å². The van der Waals surface area contributed by atoms with Gasteiger partial charge in [0.2, 0.25) is 0 Å². The molecule has 0 aromatic carbocycles. The Bertz CT molecular complexity index is 391. The lowest BCUT2D eigenvalue weighted by atomic mass is 10.0. The van der Waals surface area contributed by atoms with Gasteiger partial charge in [-0.05, 0) is 25.5 Å². The third-order valence-electron chi connectivity index (χ3n) is 3.08.